The molecule has 0 rings (SSSR count). The minimum atomic E-state index is -0.675. The first-order valence-electron chi connectivity index (χ1n) is 5.22. The molecule has 0 saturated heterocycles. The number of halogens is 1. The summed E-state index contributed by atoms with van der Waals surface area (Å²) in [7, 11) is 0. The Hall–Kier alpha value is -0.360. The molecule has 0 aliphatic carbocycles. The van der Waals surface area contributed by atoms with Crippen molar-refractivity contribution in [3.05, 3.63) is 0 Å². The van der Waals surface area contributed by atoms with Crippen molar-refractivity contribution in [1.29, 1.82) is 0 Å². The average molecular weight is 255 g/mol. The van der Waals surface area contributed by atoms with Gasteiger partial charge in [-0.15, -0.1) is 12.4 Å². The first-order valence-corrected chi connectivity index (χ1v) is 5.22. The van der Waals surface area contributed by atoms with Gasteiger partial charge in [0.05, 0.1) is 18.8 Å². The van der Waals surface area contributed by atoms with Crippen LogP contribution in [0, 0.1) is 5.92 Å². The standard InChI is InChI=1S/C10H22N2O3.ClH/c1-7(2)5-15-6-9(13)4-12-10(14)8(3)11;/h7-9,13H,4-6,11H2,1-3H3,(H,12,14);1H. The number of nitrogens with two attached hydrogens (primary N) is 1. The molecule has 2 atom stereocenters. The fraction of sp³-hybridized carbons (Fsp3) is 0.900. The van der Waals surface area contributed by atoms with Crippen molar-refractivity contribution >= 4 is 18.3 Å². The first-order chi connectivity index (χ1) is 6.93. The summed E-state index contributed by atoms with van der Waals surface area (Å²) in [4.78, 5) is 11.0. The van der Waals surface area contributed by atoms with E-state index in [1.807, 2.05) is 13.8 Å². The third kappa shape index (κ3) is 10.2. The second-order valence-corrected chi connectivity index (χ2v) is 4.12. The Morgan fingerprint density at radius 1 is 1.38 bits per heavy atom. The molecule has 0 fully saturated rings. The van der Waals surface area contributed by atoms with Crippen LogP contribution in [0.3, 0.4) is 0 Å². The lowest BCUT2D eigenvalue weighted by molar-refractivity contribution is -0.122. The smallest absolute Gasteiger partial charge is 0.236 e. The number of nitrogens with one attached hydrogen (secondary N) is 1. The van der Waals surface area contributed by atoms with Crippen LogP contribution in [0.25, 0.3) is 0 Å². The minimum absolute atomic E-state index is 0. The van der Waals surface area contributed by atoms with Crippen LogP contribution < -0.4 is 11.1 Å². The molecule has 5 nitrogen and oxygen atoms in total. The Labute approximate surface area is 103 Å². The molecule has 2 unspecified atom stereocenters. The van der Waals surface area contributed by atoms with Crippen LogP contribution in [-0.2, 0) is 9.53 Å². The maximum absolute atomic E-state index is 11.0. The van der Waals surface area contributed by atoms with Crippen molar-refractivity contribution in [2.75, 3.05) is 19.8 Å². The molecule has 0 saturated carbocycles. The summed E-state index contributed by atoms with van der Waals surface area (Å²) in [5.74, 6) is 0.175. The van der Waals surface area contributed by atoms with Crippen molar-refractivity contribution in [2.45, 2.75) is 32.9 Å². The first kappa shape index (κ1) is 18.0. The molecule has 0 aliphatic heterocycles. The zero-order valence-corrected chi connectivity index (χ0v) is 10.9. The highest BCUT2D eigenvalue weighted by Gasteiger charge is 2.10. The molecule has 0 heterocycles. The minimum Gasteiger partial charge on any atom is -0.389 e. The average Bonchev–Trinajstić information content (AvgIpc) is 2.13. The van der Waals surface area contributed by atoms with E-state index >= 15 is 0 Å². The molecular formula is C10H23ClN2O3. The number of rotatable bonds is 7. The van der Waals surface area contributed by atoms with Crippen LogP contribution in [0.5, 0.6) is 0 Å². The van der Waals surface area contributed by atoms with E-state index in [4.69, 9.17) is 10.5 Å². The van der Waals surface area contributed by atoms with Gasteiger partial charge >= 0.3 is 0 Å². The summed E-state index contributed by atoms with van der Waals surface area (Å²) in [5.41, 5.74) is 5.34. The normalized spacial score (nSPS) is 14.1. The fourth-order valence-corrected chi connectivity index (χ4v) is 0.878. The Balaban J connectivity index is 0. The Morgan fingerprint density at radius 2 is 1.94 bits per heavy atom. The number of aliphatic hydroxyl groups excluding tert-OH is 1. The van der Waals surface area contributed by atoms with E-state index in [1.165, 1.54) is 0 Å². The summed E-state index contributed by atoms with van der Waals surface area (Å²) in [5, 5.41) is 11.9. The maximum Gasteiger partial charge on any atom is 0.236 e. The molecule has 6 heteroatoms. The van der Waals surface area contributed by atoms with Crippen molar-refractivity contribution in [3.8, 4) is 0 Å². The summed E-state index contributed by atoms with van der Waals surface area (Å²) in [6, 6.07) is -0.547. The number of carbonyl (C=O) groups excluding carboxylic acids is 1. The van der Waals surface area contributed by atoms with Gasteiger partial charge in [-0.25, -0.2) is 0 Å². The zero-order chi connectivity index (χ0) is 11.8. The number of hydrogen-bond donors (Lipinski definition) is 3. The van der Waals surface area contributed by atoms with Crippen LogP contribution in [0.2, 0.25) is 0 Å². The number of ether oxygens (including phenoxy) is 1. The summed E-state index contributed by atoms with van der Waals surface area (Å²) in [6.45, 7) is 6.68. The zero-order valence-electron chi connectivity index (χ0n) is 10.1. The van der Waals surface area contributed by atoms with E-state index in [0.717, 1.165) is 0 Å². The van der Waals surface area contributed by atoms with E-state index in [2.05, 4.69) is 5.32 Å². The van der Waals surface area contributed by atoms with Gasteiger partial charge < -0.3 is 20.9 Å². The molecule has 0 aromatic carbocycles. The van der Waals surface area contributed by atoms with Gasteiger partial charge in [0.2, 0.25) is 5.91 Å². The summed E-state index contributed by atoms with van der Waals surface area (Å²) in [6.07, 6.45) is -0.675. The van der Waals surface area contributed by atoms with Gasteiger partial charge in [0.1, 0.15) is 0 Å². The Morgan fingerprint density at radius 3 is 2.38 bits per heavy atom. The highest BCUT2D eigenvalue weighted by molar-refractivity contribution is 5.85. The molecular weight excluding hydrogens is 232 g/mol. The molecule has 16 heavy (non-hydrogen) atoms. The van der Waals surface area contributed by atoms with Crippen LogP contribution >= 0.6 is 12.4 Å². The lowest BCUT2D eigenvalue weighted by Crippen LogP contribution is -2.42. The van der Waals surface area contributed by atoms with E-state index < -0.39 is 12.1 Å². The van der Waals surface area contributed by atoms with Gasteiger partial charge in [-0.1, -0.05) is 13.8 Å². The van der Waals surface area contributed by atoms with Crippen LogP contribution in [0.15, 0.2) is 0 Å². The maximum atomic E-state index is 11.0. The van der Waals surface area contributed by atoms with E-state index in [9.17, 15) is 9.90 Å². The Bertz CT molecular complexity index is 189. The van der Waals surface area contributed by atoms with Gasteiger partial charge in [0, 0.05) is 13.2 Å². The van der Waals surface area contributed by atoms with Crippen molar-refractivity contribution in [1.82, 2.24) is 5.32 Å². The largest absolute Gasteiger partial charge is 0.389 e. The predicted octanol–water partition coefficient (Wildman–Crippen LogP) is -0.0949. The van der Waals surface area contributed by atoms with Crippen molar-refractivity contribution in [2.24, 2.45) is 11.7 Å². The quantitative estimate of drug-likeness (QED) is 0.593. The molecule has 1 amide bonds. The molecule has 0 spiro atoms. The van der Waals surface area contributed by atoms with Gasteiger partial charge in [0.15, 0.2) is 0 Å². The monoisotopic (exact) mass is 254 g/mol. The second-order valence-electron chi connectivity index (χ2n) is 4.12. The number of aliphatic hydroxyl groups is 1. The topological polar surface area (TPSA) is 84.6 Å². The highest BCUT2D eigenvalue weighted by Crippen LogP contribution is 1.93. The predicted molar refractivity (Wildman–Crippen MR) is 65.6 cm³/mol. The third-order valence-corrected chi connectivity index (χ3v) is 1.69. The van der Waals surface area contributed by atoms with Gasteiger partial charge in [-0.05, 0) is 12.8 Å². The summed E-state index contributed by atoms with van der Waals surface area (Å²) >= 11 is 0. The molecule has 0 aliphatic rings. The van der Waals surface area contributed by atoms with Crippen LogP contribution in [0.4, 0.5) is 0 Å². The molecule has 0 radical (unpaired) electrons. The van der Waals surface area contributed by atoms with Crippen LogP contribution in [0.1, 0.15) is 20.8 Å². The third-order valence-electron chi connectivity index (χ3n) is 1.69. The molecule has 98 valence electrons. The van der Waals surface area contributed by atoms with E-state index in [1.54, 1.807) is 6.92 Å². The van der Waals surface area contributed by atoms with Gasteiger partial charge in [0.25, 0.3) is 0 Å². The molecule has 4 N–H and O–H groups in total. The van der Waals surface area contributed by atoms with Gasteiger partial charge in [-0.3, -0.25) is 4.79 Å². The Kier molecular flexibility index (Phi) is 11.1. The number of amides is 1. The lowest BCUT2D eigenvalue weighted by atomic mass is 10.2. The SMILES string of the molecule is CC(C)COCC(O)CNC(=O)C(C)N.Cl. The van der Waals surface area contributed by atoms with E-state index in [-0.39, 0.29) is 31.5 Å². The molecule has 0 aromatic rings. The highest BCUT2D eigenvalue weighted by atomic mass is 35.5. The number of carbonyl (C=O) groups is 1. The summed E-state index contributed by atoms with van der Waals surface area (Å²) < 4.78 is 5.22. The molecule has 0 bridgehead atoms. The van der Waals surface area contributed by atoms with Gasteiger partial charge in [-0.2, -0.15) is 0 Å². The van der Waals surface area contributed by atoms with E-state index in [0.29, 0.717) is 12.5 Å². The second kappa shape index (κ2) is 9.84. The molecule has 0 aromatic heterocycles. The number of hydrogen-bond acceptors (Lipinski definition) is 4. The van der Waals surface area contributed by atoms with Crippen molar-refractivity contribution in [3.63, 3.8) is 0 Å². The fourth-order valence-electron chi connectivity index (χ4n) is 0.878. The van der Waals surface area contributed by atoms with Crippen LogP contribution in [-0.4, -0.2) is 42.9 Å². The lowest BCUT2D eigenvalue weighted by Gasteiger charge is -2.14. The van der Waals surface area contributed by atoms with Crippen molar-refractivity contribution < 1.29 is 14.6 Å².